The number of nitrogens with zero attached hydrogens (tertiary/aromatic N) is 1. The van der Waals surface area contributed by atoms with Crippen LogP contribution in [0, 0.1) is 6.92 Å². The van der Waals surface area contributed by atoms with Crippen LogP contribution in [-0.2, 0) is 20.0 Å². The summed E-state index contributed by atoms with van der Waals surface area (Å²) in [4.78, 5) is 0. The van der Waals surface area contributed by atoms with E-state index in [1.165, 1.54) is 0 Å². The minimum atomic E-state index is -3.54. The molecule has 0 saturated heterocycles. The van der Waals surface area contributed by atoms with Crippen molar-refractivity contribution in [2.24, 2.45) is 0 Å². The van der Waals surface area contributed by atoms with E-state index in [1.807, 2.05) is 13.8 Å². The van der Waals surface area contributed by atoms with Crippen molar-refractivity contribution in [2.45, 2.75) is 26.7 Å². The summed E-state index contributed by atoms with van der Waals surface area (Å²) in [5, 5.41) is 0.458. The third-order valence-corrected chi connectivity index (χ3v) is 6.32. The molecule has 1 N–H and O–H groups in total. The van der Waals surface area contributed by atoms with Gasteiger partial charge in [-0.2, -0.15) is 0 Å². The largest absolute Gasteiger partial charge is 0.269 e. The van der Waals surface area contributed by atoms with Gasteiger partial charge >= 0.3 is 0 Å². The van der Waals surface area contributed by atoms with Crippen LogP contribution in [-0.4, -0.2) is 41.9 Å². The van der Waals surface area contributed by atoms with Crippen molar-refractivity contribution in [3.05, 3.63) is 28.8 Å². The molecule has 1 rings (SSSR count). The number of hydrogen-bond acceptors (Lipinski definition) is 4. The third-order valence-electron chi connectivity index (χ3n) is 3.25. The van der Waals surface area contributed by atoms with E-state index in [0.717, 1.165) is 22.5 Å². The maximum atomic E-state index is 12.0. The molecular weight excluding hydrogens is 360 g/mol. The van der Waals surface area contributed by atoms with Crippen LogP contribution in [0.4, 0.5) is 5.69 Å². The Morgan fingerprint density at radius 2 is 1.87 bits per heavy atom. The van der Waals surface area contributed by atoms with Gasteiger partial charge in [0, 0.05) is 18.1 Å². The van der Waals surface area contributed by atoms with Gasteiger partial charge in [0.05, 0.1) is 17.7 Å². The number of unbranched alkanes of at least 4 members (excludes halogenated alkanes) is 1. The van der Waals surface area contributed by atoms with Gasteiger partial charge in [-0.25, -0.2) is 21.6 Å². The highest BCUT2D eigenvalue weighted by atomic mass is 35.5. The van der Waals surface area contributed by atoms with Crippen LogP contribution in [0.15, 0.2) is 18.2 Å². The molecule has 6 nitrogen and oxygen atoms in total. The molecule has 1 aromatic rings. The molecule has 0 saturated carbocycles. The van der Waals surface area contributed by atoms with E-state index in [2.05, 4.69) is 4.72 Å². The third kappa shape index (κ3) is 6.66. The molecule has 0 atom stereocenters. The van der Waals surface area contributed by atoms with Crippen LogP contribution in [0.5, 0.6) is 0 Å². The van der Waals surface area contributed by atoms with Gasteiger partial charge in [-0.05, 0) is 31.0 Å². The summed E-state index contributed by atoms with van der Waals surface area (Å²) in [7, 11) is -6.92. The van der Waals surface area contributed by atoms with Crippen LogP contribution < -0.4 is 9.03 Å². The number of anilines is 1. The Morgan fingerprint density at radius 1 is 1.22 bits per heavy atom. The smallest absolute Gasteiger partial charge is 0.232 e. The number of benzene rings is 1. The molecule has 23 heavy (non-hydrogen) atoms. The molecule has 0 aliphatic heterocycles. The molecular formula is C14H23ClN2O4S2. The zero-order valence-electron chi connectivity index (χ0n) is 13.5. The van der Waals surface area contributed by atoms with Gasteiger partial charge in [0.15, 0.2) is 0 Å². The lowest BCUT2D eigenvalue weighted by atomic mass is 10.2. The molecule has 0 aliphatic rings. The van der Waals surface area contributed by atoms with Gasteiger partial charge in [-0.1, -0.05) is 31.0 Å². The van der Waals surface area contributed by atoms with Gasteiger partial charge < -0.3 is 0 Å². The Bertz CT molecular complexity index is 733. The van der Waals surface area contributed by atoms with Crippen molar-refractivity contribution in [3.63, 3.8) is 0 Å². The van der Waals surface area contributed by atoms with E-state index < -0.39 is 20.0 Å². The summed E-state index contributed by atoms with van der Waals surface area (Å²) in [5.74, 6) is 0.0404. The highest BCUT2D eigenvalue weighted by Crippen LogP contribution is 2.24. The Balaban J connectivity index is 2.84. The van der Waals surface area contributed by atoms with Gasteiger partial charge in [0.25, 0.3) is 0 Å². The molecule has 132 valence electrons. The molecule has 0 heterocycles. The second kappa shape index (κ2) is 8.32. The molecule has 0 spiro atoms. The second-order valence-corrected chi connectivity index (χ2v) is 9.58. The Morgan fingerprint density at radius 3 is 2.39 bits per heavy atom. The maximum absolute atomic E-state index is 12.0. The van der Waals surface area contributed by atoms with Crippen molar-refractivity contribution < 1.29 is 16.8 Å². The number of nitrogens with one attached hydrogen (secondary N) is 1. The number of halogens is 1. The van der Waals surface area contributed by atoms with E-state index in [-0.39, 0.29) is 18.8 Å². The summed E-state index contributed by atoms with van der Waals surface area (Å²) < 4.78 is 51.0. The monoisotopic (exact) mass is 382 g/mol. The predicted molar refractivity (Wildman–Crippen MR) is 95.1 cm³/mol. The summed E-state index contributed by atoms with van der Waals surface area (Å²) in [6.07, 6.45) is 2.42. The van der Waals surface area contributed by atoms with E-state index >= 15 is 0 Å². The van der Waals surface area contributed by atoms with E-state index in [4.69, 9.17) is 11.6 Å². The fraction of sp³-hybridized carbons (Fsp3) is 0.571. The molecule has 0 radical (unpaired) electrons. The molecule has 9 heteroatoms. The average Bonchev–Trinajstić information content (AvgIpc) is 2.43. The average molecular weight is 383 g/mol. The lowest BCUT2D eigenvalue weighted by Crippen LogP contribution is -2.38. The fourth-order valence-corrected chi connectivity index (χ4v) is 4.24. The van der Waals surface area contributed by atoms with E-state index in [0.29, 0.717) is 17.1 Å². The lowest BCUT2D eigenvalue weighted by Gasteiger charge is -2.23. The zero-order valence-corrected chi connectivity index (χ0v) is 15.9. The van der Waals surface area contributed by atoms with Crippen LogP contribution in [0.2, 0.25) is 5.02 Å². The minimum Gasteiger partial charge on any atom is -0.269 e. The fourth-order valence-electron chi connectivity index (χ4n) is 1.93. The molecule has 0 bridgehead atoms. The van der Waals surface area contributed by atoms with E-state index in [1.54, 1.807) is 18.2 Å². The first-order valence-electron chi connectivity index (χ1n) is 7.28. The summed E-state index contributed by atoms with van der Waals surface area (Å²) >= 11 is 6.04. The molecule has 0 aromatic heterocycles. The van der Waals surface area contributed by atoms with Crippen LogP contribution in [0.1, 0.15) is 25.3 Å². The van der Waals surface area contributed by atoms with Gasteiger partial charge in [-0.3, -0.25) is 4.31 Å². The number of rotatable bonds is 9. The summed E-state index contributed by atoms with van der Waals surface area (Å²) in [6.45, 7) is 3.73. The Hall–Kier alpha value is -0.830. The zero-order chi connectivity index (χ0) is 17.7. The number of aryl methyl sites for hydroxylation is 1. The van der Waals surface area contributed by atoms with Crippen molar-refractivity contribution in [2.75, 3.05) is 29.4 Å². The normalized spacial score (nSPS) is 12.3. The van der Waals surface area contributed by atoms with Crippen molar-refractivity contribution >= 4 is 37.3 Å². The molecule has 0 aliphatic carbocycles. The first kappa shape index (κ1) is 20.2. The van der Waals surface area contributed by atoms with Crippen molar-refractivity contribution in [1.82, 2.24) is 4.72 Å². The van der Waals surface area contributed by atoms with E-state index in [9.17, 15) is 16.8 Å². The predicted octanol–water partition coefficient (Wildman–Crippen LogP) is 2.13. The molecule has 0 amide bonds. The maximum Gasteiger partial charge on any atom is 0.232 e. The highest BCUT2D eigenvalue weighted by molar-refractivity contribution is 7.92. The van der Waals surface area contributed by atoms with Crippen LogP contribution >= 0.6 is 11.6 Å². The lowest BCUT2D eigenvalue weighted by molar-refractivity contribution is 0.575. The first-order chi connectivity index (χ1) is 10.6. The van der Waals surface area contributed by atoms with Crippen LogP contribution in [0.3, 0.4) is 0 Å². The Kier molecular flexibility index (Phi) is 7.31. The van der Waals surface area contributed by atoms with Gasteiger partial charge in [0.2, 0.25) is 20.0 Å². The first-order valence-corrected chi connectivity index (χ1v) is 11.2. The SMILES string of the molecule is CCCCS(=O)(=O)NCCN(c1ccc(C)c(Cl)c1)S(C)(=O)=O. The van der Waals surface area contributed by atoms with Crippen LogP contribution in [0.25, 0.3) is 0 Å². The minimum absolute atomic E-state index is 0.00355. The second-order valence-electron chi connectivity index (χ2n) is 5.34. The van der Waals surface area contributed by atoms with Crippen molar-refractivity contribution in [3.8, 4) is 0 Å². The molecule has 0 unspecified atom stereocenters. The molecule has 0 fully saturated rings. The standard InChI is InChI=1S/C14H23ClN2O4S2/c1-4-5-10-23(20,21)16-8-9-17(22(3,18)19)13-7-6-12(2)14(15)11-13/h6-7,11,16H,4-5,8-10H2,1-3H3. The van der Waals surface area contributed by atoms with Crippen molar-refractivity contribution in [1.29, 1.82) is 0 Å². The number of sulfonamides is 2. The number of hydrogen-bond donors (Lipinski definition) is 1. The highest BCUT2D eigenvalue weighted by Gasteiger charge is 2.19. The summed E-state index contributed by atoms with van der Waals surface area (Å²) in [6, 6.07) is 4.93. The quantitative estimate of drug-likeness (QED) is 0.709. The van der Waals surface area contributed by atoms with Gasteiger partial charge in [0.1, 0.15) is 0 Å². The molecule has 1 aromatic carbocycles. The topological polar surface area (TPSA) is 83.6 Å². The van der Waals surface area contributed by atoms with Gasteiger partial charge in [-0.15, -0.1) is 0 Å². The summed E-state index contributed by atoms with van der Waals surface area (Å²) in [5.41, 5.74) is 1.25. The Labute approximate surface area is 143 Å².